The first-order valence-corrected chi connectivity index (χ1v) is 7.42. The van der Waals surface area contributed by atoms with Gasteiger partial charge in [-0.1, -0.05) is 0 Å². The van der Waals surface area contributed by atoms with Crippen LogP contribution in [0.1, 0.15) is 42.2 Å². The summed E-state index contributed by atoms with van der Waals surface area (Å²) in [6.07, 6.45) is 5.33. The molecule has 2 fully saturated rings. The molecule has 1 N–H and O–H groups in total. The van der Waals surface area contributed by atoms with E-state index in [0.717, 1.165) is 38.8 Å². The number of hydrogen-bond acceptors (Lipinski definition) is 4. The molecule has 0 atom stereocenters. The number of nitrogens with one attached hydrogen (secondary N) is 1. The fourth-order valence-corrected chi connectivity index (χ4v) is 2.93. The van der Waals surface area contributed by atoms with Crippen molar-refractivity contribution in [1.29, 1.82) is 0 Å². The summed E-state index contributed by atoms with van der Waals surface area (Å²) in [5.74, 6) is -0.109. The van der Waals surface area contributed by atoms with Crippen molar-refractivity contribution in [3.63, 3.8) is 0 Å². The Bertz CT molecular complexity index is 559. The molecule has 0 aromatic carbocycles. The Labute approximate surface area is 123 Å². The van der Waals surface area contributed by atoms with E-state index in [0.29, 0.717) is 5.69 Å². The van der Waals surface area contributed by atoms with Crippen LogP contribution in [0.25, 0.3) is 0 Å². The van der Waals surface area contributed by atoms with Gasteiger partial charge in [0.25, 0.3) is 11.6 Å². The molecule has 7 heteroatoms. The van der Waals surface area contributed by atoms with Crippen molar-refractivity contribution >= 4 is 11.6 Å². The summed E-state index contributed by atoms with van der Waals surface area (Å²) in [6.45, 7) is 1.82. The SMILES string of the molecule is CN(C(=O)c1cc([N+](=O)[O-])cn1C1CC1)C1CCNCC1. The van der Waals surface area contributed by atoms with Crippen LogP contribution in [0.4, 0.5) is 5.69 Å². The van der Waals surface area contributed by atoms with Gasteiger partial charge in [0, 0.05) is 25.2 Å². The van der Waals surface area contributed by atoms with Crippen molar-refractivity contribution in [2.75, 3.05) is 20.1 Å². The van der Waals surface area contributed by atoms with Crippen LogP contribution in [-0.4, -0.2) is 46.5 Å². The average Bonchev–Trinajstić information content (AvgIpc) is 3.25. The lowest BCUT2D eigenvalue weighted by Gasteiger charge is -2.31. The third-order valence-corrected chi connectivity index (χ3v) is 4.38. The molecule has 21 heavy (non-hydrogen) atoms. The molecule has 1 aliphatic carbocycles. The Hall–Kier alpha value is -1.89. The molecule has 114 valence electrons. The highest BCUT2D eigenvalue weighted by atomic mass is 16.6. The minimum atomic E-state index is -0.430. The Morgan fingerprint density at radius 1 is 1.38 bits per heavy atom. The van der Waals surface area contributed by atoms with E-state index in [1.165, 1.54) is 12.3 Å². The molecule has 1 saturated heterocycles. The lowest BCUT2D eigenvalue weighted by Crippen LogP contribution is -2.44. The maximum Gasteiger partial charge on any atom is 0.287 e. The Morgan fingerprint density at radius 3 is 2.62 bits per heavy atom. The highest BCUT2D eigenvalue weighted by Crippen LogP contribution is 2.38. The minimum absolute atomic E-state index is 0.00367. The third kappa shape index (κ3) is 2.78. The van der Waals surface area contributed by atoms with E-state index in [-0.39, 0.29) is 23.7 Å². The number of amides is 1. The predicted molar refractivity (Wildman–Crippen MR) is 77.3 cm³/mol. The van der Waals surface area contributed by atoms with Gasteiger partial charge in [-0.2, -0.15) is 0 Å². The summed E-state index contributed by atoms with van der Waals surface area (Å²) >= 11 is 0. The smallest absolute Gasteiger partial charge is 0.287 e. The minimum Gasteiger partial charge on any atom is -0.337 e. The maximum absolute atomic E-state index is 12.7. The second-order valence-corrected chi connectivity index (χ2v) is 5.88. The first-order chi connectivity index (χ1) is 10.1. The van der Waals surface area contributed by atoms with Gasteiger partial charge in [0.1, 0.15) is 5.69 Å². The maximum atomic E-state index is 12.7. The van der Waals surface area contributed by atoms with Crippen molar-refractivity contribution in [3.8, 4) is 0 Å². The zero-order valence-electron chi connectivity index (χ0n) is 12.1. The molecule has 7 nitrogen and oxygen atoms in total. The summed E-state index contributed by atoms with van der Waals surface area (Å²) in [5.41, 5.74) is 0.453. The molecular formula is C14H20N4O3. The summed E-state index contributed by atoms with van der Waals surface area (Å²) in [7, 11) is 1.80. The third-order valence-electron chi connectivity index (χ3n) is 4.38. The van der Waals surface area contributed by atoms with Gasteiger partial charge < -0.3 is 14.8 Å². The number of hydrogen-bond donors (Lipinski definition) is 1. The van der Waals surface area contributed by atoms with E-state index < -0.39 is 4.92 Å². The highest BCUT2D eigenvalue weighted by molar-refractivity contribution is 5.93. The second-order valence-electron chi connectivity index (χ2n) is 5.88. The van der Waals surface area contributed by atoms with Crippen LogP contribution in [0, 0.1) is 10.1 Å². The van der Waals surface area contributed by atoms with Gasteiger partial charge in [-0.25, -0.2) is 0 Å². The van der Waals surface area contributed by atoms with Gasteiger partial charge >= 0.3 is 0 Å². The van der Waals surface area contributed by atoms with Gasteiger partial charge in [0.05, 0.1) is 11.1 Å². The number of piperidine rings is 1. The number of nitro groups is 1. The summed E-state index contributed by atoms with van der Waals surface area (Å²) in [5, 5.41) is 14.2. The monoisotopic (exact) mass is 292 g/mol. The lowest BCUT2D eigenvalue weighted by molar-refractivity contribution is -0.384. The molecule has 1 amide bonds. The Kier molecular flexibility index (Phi) is 3.67. The van der Waals surface area contributed by atoms with E-state index in [2.05, 4.69) is 5.32 Å². The van der Waals surface area contributed by atoms with Gasteiger partial charge in [-0.05, 0) is 38.8 Å². The Morgan fingerprint density at radius 2 is 2.05 bits per heavy atom. The number of rotatable bonds is 4. The van der Waals surface area contributed by atoms with Gasteiger partial charge in [-0.15, -0.1) is 0 Å². The molecule has 2 heterocycles. The zero-order chi connectivity index (χ0) is 15.0. The van der Waals surface area contributed by atoms with Crippen molar-refractivity contribution in [2.24, 2.45) is 0 Å². The van der Waals surface area contributed by atoms with E-state index in [9.17, 15) is 14.9 Å². The van der Waals surface area contributed by atoms with Gasteiger partial charge in [0.2, 0.25) is 0 Å². The number of carbonyl (C=O) groups excluding carboxylic acids is 1. The van der Waals surface area contributed by atoms with Crippen LogP contribution in [0.3, 0.4) is 0 Å². The molecule has 1 aromatic rings. The van der Waals surface area contributed by atoms with Crippen LogP contribution in [-0.2, 0) is 0 Å². The van der Waals surface area contributed by atoms with Crippen molar-refractivity contribution in [1.82, 2.24) is 14.8 Å². The van der Waals surface area contributed by atoms with E-state index in [4.69, 9.17) is 0 Å². The van der Waals surface area contributed by atoms with E-state index in [1.54, 1.807) is 16.5 Å². The van der Waals surface area contributed by atoms with Gasteiger partial charge in [0.15, 0.2) is 0 Å². The van der Waals surface area contributed by atoms with Crippen LogP contribution >= 0.6 is 0 Å². The normalized spacial score (nSPS) is 19.5. The van der Waals surface area contributed by atoms with Crippen molar-refractivity contribution in [2.45, 2.75) is 37.8 Å². The topological polar surface area (TPSA) is 80.4 Å². The zero-order valence-corrected chi connectivity index (χ0v) is 12.1. The second kappa shape index (κ2) is 5.48. The van der Waals surface area contributed by atoms with Crippen LogP contribution < -0.4 is 5.32 Å². The number of nitrogens with zero attached hydrogens (tertiary/aromatic N) is 3. The summed E-state index contributed by atoms with van der Waals surface area (Å²) in [6, 6.07) is 1.87. The van der Waals surface area contributed by atoms with Crippen molar-refractivity contribution in [3.05, 3.63) is 28.1 Å². The van der Waals surface area contributed by atoms with Crippen molar-refractivity contribution < 1.29 is 9.72 Å². The van der Waals surface area contributed by atoms with E-state index in [1.807, 2.05) is 0 Å². The quantitative estimate of drug-likeness (QED) is 0.674. The molecule has 0 spiro atoms. The first-order valence-electron chi connectivity index (χ1n) is 7.42. The number of aromatic nitrogens is 1. The van der Waals surface area contributed by atoms with Crippen LogP contribution in [0.15, 0.2) is 12.3 Å². The molecule has 0 bridgehead atoms. The molecule has 0 unspecified atom stereocenters. The molecule has 3 rings (SSSR count). The summed E-state index contributed by atoms with van der Waals surface area (Å²) < 4.78 is 1.79. The fraction of sp³-hybridized carbons (Fsp3) is 0.643. The first kappa shape index (κ1) is 14.1. The highest BCUT2D eigenvalue weighted by Gasteiger charge is 2.33. The molecule has 1 aliphatic heterocycles. The van der Waals surface area contributed by atoms with Crippen LogP contribution in [0.2, 0.25) is 0 Å². The standard InChI is InChI=1S/C14H20N4O3/c1-16(10-4-6-15-7-5-10)14(19)13-8-12(18(20)21)9-17(13)11-2-3-11/h8-11,15H,2-7H2,1H3. The van der Waals surface area contributed by atoms with Gasteiger partial charge in [-0.3, -0.25) is 14.9 Å². The molecule has 0 radical (unpaired) electrons. The molecule has 1 saturated carbocycles. The summed E-state index contributed by atoms with van der Waals surface area (Å²) in [4.78, 5) is 25.0. The molecule has 1 aromatic heterocycles. The largest absolute Gasteiger partial charge is 0.337 e. The average molecular weight is 292 g/mol. The molecular weight excluding hydrogens is 272 g/mol. The predicted octanol–water partition coefficient (Wildman–Crippen LogP) is 1.56. The van der Waals surface area contributed by atoms with Crippen LogP contribution in [0.5, 0.6) is 0 Å². The Balaban J connectivity index is 1.84. The van der Waals surface area contributed by atoms with E-state index >= 15 is 0 Å². The molecule has 2 aliphatic rings. The fourth-order valence-electron chi connectivity index (χ4n) is 2.93. The lowest BCUT2D eigenvalue weighted by atomic mass is 10.1. The number of carbonyl (C=O) groups is 1.